The molecule has 1 aromatic heterocycles. The molecular formula is C15H22ClN3O2. The highest BCUT2D eigenvalue weighted by Gasteiger charge is 2.19. The zero-order valence-electron chi connectivity index (χ0n) is 12.5. The SMILES string of the molecule is Cc1nn(C)c(Cl)c1/C=C/C(=O)NCC1CCC(O)CC1. The number of aliphatic hydroxyl groups excluding tert-OH is 1. The fourth-order valence-electron chi connectivity index (χ4n) is 2.65. The van der Waals surface area contributed by atoms with Crippen LogP contribution in [-0.2, 0) is 11.8 Å². The number of aryl methyl sites for hydroxylation is 2. The zero-order valence-corrected chi connectivity index (χ0v) is 13.2. The van der Waals surface area contributed by atoms with Crippen LogP contribution in [0.3, 0.4) is 0 Å². The molecule has 21 heavy (non-hydrogen) atoms. The summed E-state index contributed by atoms with van der Waals surface area (Å²) < 4.78 is 1.59. The highest BCUT2D eigenvalue weighted by Crippen LogP contribution is 2.23. The molecule has 1 heterocycles. The summed E-state index contributed by atoms with van der Waals surface area (Å²) in [5, 5.41) is 17.1. The van der Waals surface area contributed by atoms with Gasteiger partial charge in [0, 0.05) is 25.2 Å². The molecule has 1 fully saturated rings. The van der Waals surface area contributed by atoms with Crippen molar-refractivity contribution in [2.75, 3.05) is 6.54 Å². The minimum absolute atomic E-state index is 0.125. The normalized spacial score (nSPS) is 22.7. The predicted molar refractivity (Wildman–Crippen MR) is 83.0 cm³/mol. The molecule has 0 atom stereocenters. The number of amides is 1. The first-order valence-corrected chi connectivity index (χ1v) is 7.68. The second-order valence-electron chi connectivity index (χ2n) is 5.67. The van der Waals surface area contributed by atoms with Crippen molar-refractivity contribution in [1.82, 2.24) is 15.1 Å². The Balaban J connectivity index is 1.83. The zero-order chi connectivity index (χ0) is 15.4. The minimum atomic E-state index is -0.160. The molecule has 1 aliphatic rings. The molecule has 0 spiro atoms. The van der Waals surface area contributed by atoms with Crippen molar-refractivity contribution in [3.63, 3.8) is 0 Å². The number of carbonyl (C=O) groups excluding carboxylic acids is 1. The summed E-state index contributed by atoms with van der Waals surface area (Å²) in [5.41, 5.74) is 1.57. The van der Waals surface area contributed by atoms with Gasteiger partial charge in [0.25, 0.3) is 0 Å². The van der Waals surface area contributed by atoms with Crippen molar-refractivity contribution in [2.24, 2.45) is 13.0 Å². The number of hydrogen-bond donors (Lipinski definition) is 2. The van der Waals surface area contributed by atoms with Crippen molar-refractivity contribution >= 4 is 23.6 Å². The van der Waals surface area contributed by atoms with Gasteiger partial charge in [-0.15, -0.1) is 0 Å². The van der Waals surface area contributed by atoms with Crippen LogP contribution in [0.4, 0.5) is 0 Å². The average molecular weight is 312 g/mol. The Morgan fingerprint density at radius 3 is 2.71 bits per heavy atom. The van der Waals surface area contributed by atoms with E-state index in [1.165, 1.54) is 6.08 Å². The molecule has 2 N–H and O–H groups in total. The van der Waals surface area contributed by atoms with Gasteiger partial charge in [-0.3, -0.25) is 9.48 Å². The second-order valence-corrected chi connectivity index (χ2v) is 6.02. The third-order valence-electron chi connectivity index (χ3n) is 3.98. The second kappa shape index (κ2) is 7.09. The number of aromatic nitrogens is 2. The third kappa shape index (κ3) is 4.32. The number of rotatable bonds is 4. The Labute approximate surface area is 130 Å². The van der Waals surface area contributed by atoms with Crippen LogP contribution < -0.4 is 5.32 Å². The van der Waals surface area contributed by atoms with Crippen molar-refractivity contribution in [3.8, 4) is 0 Å². The number of nitrogens with zero attached hydrogens (tertiary/aromatic N) is 2. The Bertz CT molecular complexity index is 531. The first-order valence-electron chi connectivity index (χ1n) is 7.30. The Morgan fingerprint density at radius 1 is 1.48 bits per heavy atom. The predicted octanol–water partition coefficient (Wildman–Crippen LogP) is 2.06. The van der Waals surface area contributed by atoms with E-state index in [9.17, 15) is 9.90 Å². The van der Waals surface area contributed by atoms with Crippen LogP contribution in [0.1, 0.15) is 36.9 Å². The number of hydrogen-bond acceptors (Lipinski definition) is 3. The number of carbonyl (C=O) groups is 1. The van der Waals surface area contributed by atoms with Crippen molar-refractivity contribution in [1.29, 1.82) is 0 Å². The fourth-order valence-corrected chi connectivity index (χ4v) is 2.89. The van der Waals surface area contributed by atoms with Gasteiger partial charge < -0.3 is 10.4 Å². The van der Waals surface area contributed by atoms with Gasteiger partial charge in [-0.1, -0.05) is 11.6 Å². The fraction of sp³-hybridized carbons (Fsp3) is 0.600. The monoisotopic (exact) mass is 311 g/mol. The van der Waals surface area contributed by atoms with Crippen LogP contribution in [0.2, 0.25) is 5.15 Å². The molecule has 0 aliphatic heterocycles. The van der Waals surface area contributed by atoms with E-state index in [2.05, 4.69) is 10.4 Å². The molecule has 0 saturated heterocycles. The van der Waals surface area contributed by atoms with Crippen LogP contribution in [0.5, 0.6) is 0 Å². The van der Waals surface area contributed by atoms with E-state index in [1.807, 2.05) is 6.92 Å². The van der Waals surface area contributed by atoms with E-state index >= 15 is 0 Å². The number of halogens is 1. The van der Waals surface area contributed by atoms with Crippen LogP contribution in [0, 0.1) is 12.8 Å². The Kier molecular flexibility index (Phi) is 5.42. The minimum Gasteiger partial charge on any atom is -0.393 e. The summed E-state index contributed by atoms with van der Waals surface area (Å²) in [6.07, 6.45) is 6.64. The standard InChI is InChI=1S/C15H22ClN3O2/c1-10-13(15(16)19(2)18-10)7-8-14(21)17-9-11-3-5-12(20)6-4-11/h7-8,11-12,20H,3-6,9H2,1-2H3,(H,17,21)/b8-7+. The Hall–Kier alpha value is -1.33. The summed E-state index contributed by atoms with van der Waals surface area (Å²) in [4.78, 5) is 11.8. The quantitative estimate of drug-likeness (QED) is 0.836. The molecule has 1 saturated carbocycles. The average Bonchev–Trinajstić information content (AvgIpc) is 2.69. The Morgan fingerprint density at radius 2 is 2.14 bits per heavy atom. The third-order valence-corrected chi connectivity index (χ3v) is 4.43. The topological polar surface area (TPSA) is 67.2 Å². The molecule has 5 nitrogen and oxygen atoms in total. The van der Waals surface area contributed by atoms with E-state index in [-0.39, 0.29) is 12.0 Å². The van der Waals surface area contributed by atoms with Gasteiger partial charge in [0.1, 0.15) is 5.15 Å². The van der Waals surface area contributed by atoms with E-state index < -0.39 is 0 Å². The van der Waals surface area contributed by atoms with Gasteiger partial charge >= 0.3 is 0 Å². The highest BCUT2D eigenvalue weighted by atomic mass is 35.5. The molecular weight excluding hydrogens is 290 g/mol. The summed E-state index contributed by atoms with van der Waals surface area (Å²) in [7, 11) is 1.77. The lowest BCUT2D eigenvalue weighted by atomic mass is 9.87. The molecule has 0 unspecified atom stereocenters. The number of nitrogens with one attached hydrogen (secondary N) is 1. The van der Waals surface area contributed by atoms with Gasteiger partial charge in [0.05, 0.1) is 11.8 Å². The maximum atomic E-state index is 11.8. The maximum absolute atomic E-state index is 11.8. The van der Waals surface area contributed by atoms with Gasteiger partial charge in [0.2, 0.25) is 5.91 Å². The van der Waals surface area contributed by atoms with Gasteiger partial charge in [-0.2, -0.15) is 5.10 Å². The lowest BCUT2D eigenvalue weighted by Gasteiger charge is -2.25. The lowest BCUT2D eigenvalue weighted by Crippen LogP contribution is -2.31. The van der Waals surface area contributed by atoms with Crippen molar-refractivity contribution in [2.45, 2.75) is 38.7 Å². The molecule has 1 amide bonds. The van der Waals surface area contributed by atoms with E-state index in [0.29, 0.717) is 17.6 Å². The first-order chi connectivity index (χ1) is 9.97. The van der Waals surface area contributed by atoms with E-state index in [0.717, 1.165) is 36.9 Å². The summed E-state index contributed by atoms with van der Waals surface area (Å²) in [6.45, 7) is 2.52. The largest absolute Gasteiger partial charge is 0.393 e. The molecule has 0 aromatic carbocycles. The first kappa shape index (κ1) is 16.0. The maximum Gasteiger partial charge on any atom is 0.244 e. The van der Waals surface area contributed by atoms with Gasteiger partial charge in [0.15, 0.2) is 0 Å². The lowest BCUT2D eigenvalue weighted by molar-refractivity contribution is -0.116. The summed E-state index contributed by atoms with van der Waals surface area (Å²) >= 11 is 6.10. The number of aliphatic hydroxyl groups is 1. The van der Waals surface area contributed by atoms with Gasteiger partial charge in [-0.25, -0.2) is 0 Å². The van der Waals surface area contributed by atoms with Gasteiger partial charge in [-0.05, 0) is 44.6 Å². The summed E-state index contributed by atoms with van der Waals surface area (Å²) in [6, 6.07) is 0. The molecule has 0 radical (unpaired) electrons. The van der Waals surface area contributed by atoms with Crippen LogP contribution in [-0.4, -0.2) is 33.4 Å². The smallest absolute Gasteiger partial charge is 0.244 e. The molecule has 1 aliphatic carbocycles. The molecule has 2 rings (SSSR count). The highest BCUT2D eigenvalue weighted by molar-refractivity contribution is 6.31. The summed E-state index contributed by atoms with van der Waals surface area (Å²) in [5.74, 6) is 0.343. The van der Waals surface area contributed by atoms with E-state index in [4.69, 9.17) is 11.6 Å². The van der Waals surface area contributed by atoms with Crippen LogP contribution in [0.25, 0.3) is 6.08 Å². The molecule has 1 aromatic rings. The molecule has 6 heteroatoms. The van der Waals surface area contributed by atoms with Crippen LogP contribution >= 0.6 is 11.6 Å². The van der Waals surface area contributed by atoms with Crippen molar-refractivity contribution < 1.29 is 9.90 Å². The van der Waals surface area contributed by atoms with Crippen LogP contribution in [0.15, 0.2) is 6.08 Å². The molecule has 0 bridgehead atoms. The van der Waals surface area contributed by atoms with E-state index in [1.54, 1.807) is 17.8 Å². The molecule has 116 valence electrons. The van der Waals surface area contributed by atoms with Crippen molar-refractivity contribution in [3.05, 3.63) is 22.5 Å².